The first kappa shape index (κ1) is 7.96. The smallest absolute Gasteiger partial charge is 0.188 e. The Kier molecular flexibility index (Phi) is 1.84. The molecule has 4 heteroatoms. The highest BCUT2D eigenvalue weighted by molar-refractivity contribution is 6.34. The first-order chi connectivity index (χ1) is 6.31. The summed E-state index contributed by atoms with van der Waals surface area (Å²) in [4.78, 5) is 11.2. The summed E-state index contributed by atoms with van der Waals surface area (Å²) in [6.45, 7) is 6.83. The van der Waals surface area contributed by atoms with Gasteiger partial charge in [0.2, 0.25) is 0 Å². The molecule has 1 heterocycles. The Morgan fingerprint density at radius 3 is 2.92 bits per heavy atom. The van der Waals surface area contributed by atoms with Gasteiger partial charge in [0, 0.05) is 5.39 Å². The minimum Gasteiger partial charge on any atom is -0.238 e. The summed E-state index contributed by atoms with van der Waals surface area (Å²) in [5, 5.41) is 1.10. The summed E-state index contributed by atoms with van der Waals surface area (Å²) in [6.07, 6.45) is 1.40. The van der Waals surface area contributed by atoms with Crippen molar-refractivity contribution in [3.05, 3.63) is 41.1 Å². The van der Waals surface area contributed by atoms with Gasteiger partial charge in [0.15, 0.2) is 5.69 Å². The van der Waals surface area contributed by atoms with Crippen LogP contribution >= 0.6 is 11.6 Å². The van der Waals surface area contributed by atoms with E-state index in [-0.39, 0.29) is 0 Å². The molecule has 0 aliphatic carbocycles. The lowest BCUT2D eigenvalue weighted by molar-refractivity contribution is 1.22. The molecular formula is C9H4ClN3. The number of halogens is 1. The molecule has 0 saturated carbocycles. The average molecular weight is 190 g/mol. The first-order valence-electron chi connectivity index (χ1n) is 3.59. The number of hydrogen-bond donors (Lipinski definition) is 0. The van der Waals surface area contributed by atoms with Crippen LogP contribution in [0.5, 0.6) is 0 Å². The number of rotatable bonds is 0. The van der Waals surface area contributed by atoms with Crippen LogP contribution in [0.3, 0.4) is 0 Å². The lowest BCUT2D eigenvalue weighted by Crippen LogP contribution is -1.82. The van der Waals surface area contributed by atoms with Gasteiger partial charge >= 0.3 is 0 Å². The predicted molar refractivity (Wildman–Crippen MR) is 50.8 cm³/mol. The third-order valence-corrected chi connectivity index (χ3v) is 2.00. The highest BCUT2D eigenvalue weighted by Crippen LogP contribution is 2.23. The van der Waals surface area contributed by atoms with E-state index in [1.54, 1.807) is 18.2 Å². The Labute approximate surface area is 79.8 Å². The Balaban J connectivity index is 2.84. The van der Waals surface area contributed by atoms with E-state index in [9.17, 15) is 0 Å². The van der Waals surface area contributed by atoms with Crippen molar-refractivity contribution >= 4 is 28.2 Å². The molecule has 62 valence electrons. The van der Waals surface area contributed by atoms with Crippen molar-refractivity contribution in [2.24, 2.45) is 0 Å². The fraction of sp³-hybridized carbons (Fsp3) is 0. The van der Waals surface area contributed by atoms with Gasteiger partial charge in [-0.3, -0.25) is 0 Å². The summed E-state index contributed by atoms with van der Waals surface area (Å²) in [7, 11) is 0. The molecule has 0 aliphatic heterocycles. The molecule has 0 unspecified atom stereocenters. The molecule has 0 saturated heterocycles. The van der Waals surface area contributed by atoms with E-state index < -0.39 is 0 Å². The molecule has 0 fully saturated rings. The van der Waals surface area contributed by atoms with E-state index in [1.807, 2.05) is 0 Å². The molecule has 13 heavy (non-hydrogen) atoms. The molecule has 2 aromatic rings. The second kappa shape index (κ2) is 3.00. The molecule has 1 aromatic carbocycles. The fourth-order valence-electron chi connectivity index (χ4n) is 1.08. The van der Waals surface area contributed by atoms with Gasteiger partial charge in [0.25, 0.3) is 0 Å². The Hall–Kier alpha value is -1.66. The van der Waals surface area contributed by atoms with Crippen LogP contribution in [0.15, 0.2) is 24.5 Å². The highest BCUT2D eigenvalue weighted by atomic mass is 35.5. The molecular weight excluding hydrogens is 186 g/mol. The topological polar surface area (TPSA) is 30.1 Å². The van der Waals surface area contributed by atoms with Gasteiger partial charge in [-0.2, -0.15) is 0 Å². The zero-order valence-corrected chi connectivity index (χ0v) is 7.28. The zero-order valence-electron chi connectivity index (χ0n) is 6.53. The maximum absolute atomic E-state index is 6.83. The van der Waals surface area contributed by atoms with Gasteiger partial charge in [-0.15, -0.1) is 0 Å². The fourth-order valence-corrected chi connectivity index (χ4v) is 1.28. The van der Waals surface area contributed by atoms with Crippen LogP contribution in [0.2, 0.25) is 5.15 Å². The lowest BCUT2D eigenvalue weighted by Gasteiger charge is -1.97. The molecule has 0 amide bonds. The van der Waals surface area contributed by atoms with Gasteiger partial charge in [-0.1, -0.05) is 17.7 Å². The Morgan fingerprint density at radius 1 is 1.31 bits per heavy atom. The monoisotopic (exact) mass is 189 g/mol. The van der Waals surface area contributed by atoms with Crippen molar-refractivity contribution in [3.63, 3.8) is 0 Å². The molecule has 0 aliphatic rings. The van der Waals surface area contributed by atoms with E-state index in [0.29, 0.717) is 10.8 Å². The van der Waals surface area contributed by atoms with Gasteiger partial charge in [0.1, 0.15) is 11.5 Å². The van der Waals surface area contributed by atoms with Crippen molar-refractivity contribution in [3.8, 4) is 0 Å². The van der Waals surface area contributed by atoms with Crippen LogP contribution in [0.25, 0.3) is 15.7 Å². The van der Waals surface area contributed by atoms with Crippen molar-refractivity contribution in [2.45, 2.75) is 0 Å². The largest absolute Gasteiger partial charge is 0.238 e. The normalized spacial score (nSPS) is 9.85. The van der Waals surface area contributed by atoms with E-state index in [4.69, 9.17) is 18.2 Å². The lowest BCUT2D eigenvalue weighted by atomic mass is 10.2. The number of benzene rings is 1. The van der Waals surface area contributed by atoms with Crippen LogP contribution in [-0.2, 0) is 0 Å². The molecule has 2 rings (SSSR count). The first-order valence-corrected chi connectivity index (χ1v) is 3.97. The molecule has 0 atom stereocenters. The van der Waals surface area contributed by atoms with Crippen LogP contribution in [0, 0.1) is 6.57 Å². The van der Waals surface area contributed by atoms with Gasteiger partial charge in [0.05, 0.1) is 12.1 Å². The molecule has 0 radical (unpaired) electrons. The van der Waals surface area contributed by atoms with Crippen LogP contribution < -0.4 is 0 Å². The molecule has 3 nitrogen and oxygen atoms in total. The molecule has 0 N–H and O–H groups in total. The summed E-state index contributed by atoms with van der Waals surface area (Å²) < 4.78 is 0. The van der Waals surface area contributed by atoms with Gasteiger partial charge in [-0.05, 0) is 12.1 Å². The third kappa shape index (κ3) is 1.32. The zero-order chi connectivity index (χ0) is 9.26. The van der Waals surface area contributed by atoms with Crippen LogP contribution in [0.4, 0.5) is 5.69 Å². The standard InChI is InChI=1S/C9H4ClN3/c1-11-6-2-3-8-7(4-6)9(10)13-5-12-8/h2-5H. The summed E-state index contributed by atoms with van der Waals surface area (Å²) in [5.41, 5.74) is 1.30. The maximum Gasteiger partial charge on any atom is 0.188 e. The summed E-state index contributed by atoms with van der Waals surface area (Å²) in [5.74, 6) is 0. The quantitative estimate of drug-likeness (QED) is 0.471. The Bertz CT molecular complexity index is 502. The van der Waals surface area contributed by atoms with Gasteiger partial charge < -0.3 is 0 Å². The minimum atomic E-state index is 0.385. The third-order valence-electron chi connectivity index (χ3n) is 1.70. The van der Waals surface area contributed by atoms with Gasteiger partial charge in [-0.25, -0.2) is 14.8 Å². The van der Waals surface area contributed by atoms with Crippen molar-refractivity contribution < 1.29 is 0 Å². The van der Waals surface area contributed by atoms with Crippen LogP contribution in [-0.4, -0.2) is 9.97 Å². The molecule has 1 aromatic heterocycles. The highest BCUT2D eigenvalue weighted by Gasteiger charge is 2.01. The summed E-state index contributed by atoms with van der Waals surface area (Å²) in [6, 6.07) is 5.15. The number of aromatic nitrogens is 2. The van der Waals surface area contributed by atoms with Crippen molar-refractivity contribution in [2.75, 3.05) is 0 Å². The van der Waals surface area contributed by atoms with Crippen molar-refractivity contribution in [1.29, 1.82) is 0 Å². The van der Waals surface area contributed by atoms with E-state index in [1.165, 1.54) is 6.33 Å². The van der Waals surface area contributed by atoms with E-state index >= 15 is 0 Å². The average Bonchev–Trinajstić information content (AvgIpc) is 2.18. The SMILES string of the molecule is [C-]#[N+]c1ccc2ncnc(Cl)c2c1. The Morgan fingerprint density at radius 2 is 2.15 bits per heavy atom. The molecule has 0 bridgehead atoms. The second-order valence-corrected chi connectivity index (χ2v) is 2.84. The van der Waals surface area contributed by atoms with Crippen molar-refractivity contribution in [1.82, 2.24) is 9.97 Å². The molecule has 0 spiro atoms. The van der Waals surface area contributed by atoms with E-state index in [2.05, 4.69) is 14.8 Å². The number of fused-ring (bicyclic) bond motifs is 1. The summed E-state index contributed by atoms with van der Waals surface area (Å²) >= 11 is 5.83. The maximum atomic E-state index is 6.83. The second-order valence-electron chi connectivity index (χ2n) is 2.48. The number of nitrogens with zero attached hydrogens (tertiary/aromatic N) is 3. The predicted octanol–water partition coefficient (Wildman–Crippen LogP) is 2.83. The van der Waals surface area contributed by atoms with Crippen LogP contribution in [0.1, 0.15) is 0 Å². The minimum absolute atomic E-state index is 0.385. The number of hydrogen-bond acceptors (Lipinski definition) is 2. The van der Waals surface area contributed by atoms with E-state index in [0.717, 1.165) is 10.9 Å².